The van der Waals surface area contributed by atoms with E-state index in [4.69, 9.17) is 14.6 Å². The highest BCUT2D eigenvalue weighted by Gasteiger charge is 2.46. The molecule has 3 amide bonds. The van der Waals surface area contributed by atoms with E-state index in [1.165, 1.54) is 11.0 Å². The van der Waals surface area contributed by atoms with Crippen LogP contribution in [0.4, 0.5) is 21.2 Å². The first kappa shape index (κ1) is 16.8. The first-order chi connectivity index (χ1) is 11.9. The lowest BCUT2D eigenvalue weighted by Gasteiger charge is -2.25. The van der Waals surface area contributed by atoms with E-state index >= 15 is 0 Å². The van der Waals surface area contributed by atoms with Gasteiger partial charge in [-0.3, -0.25) is 9.69 Å². The third-order valence-electron chi connectivity index (χ3n) is 3.84. The number of amides is 3. The molecular formula is C14H16N4O7. The molecule has 1 fully saturated rings. The molecule has 25 heavy (non-hydrogen) atoms. The second-order valence-electron chi connectivity index (χ2n) is 5.62. The molecule has 3 rings (SSSR count). The van der Waals surface area contributed by atoms with Crippen LogP contribution in [0.1, 0.15) is 6.42 Å². The molecule has 4 N–H and O–H groups in total. The van der Waals surface area contributed by atoms with Crippen LogP contribution in [-0.2, 0) is 9.53 Å². The van der Waals surface area contributed by atoms with Crippen LogP contribution in [0, 0.1) is 0 Å². The normalized spacial score (nSPS) is 21.9. The number of carbonyl (C=O) groups excluding carboxylic acids is 2. The predicted octanol–water partition coefficient (Wildman–Crippen LogP) is -0.242. The summed E-state index contributed by atoms with van der Waals surface area (Å²) in [5.74, 6) is 0.418. The number of aliphatic hydroxyl groups excluding tert-OH is 1. The van der Waals surface area contributed by atoms with Crippen LogP contribution in [0.25, 0.3) is 0 Å². The quantitative estimate of drug-likeness (QED) is 0.567. The maximum Gasteiger partial charge on any atom is 0.416 e. The third-order valence-corrected chi connectivity index (χ3v) is 3.84. The number of aromatic nitrogens is 1. The molecule has 11 heteroatoms. The lowest BCUT2D eigenvalue weighted by atomic mass is 10.00. The molecule has 134 valence electrons. The summed E-state index contributed by atoms with van der Waals surface area (Å²) >= 11 is 0. The fourth-order valence-electron chi connectivity index (χ4n) is 2.65. The van der Waals surface area contributed by atoms with Gasteiger partial charge >= 0.3 is 12.2 Å². The fourth-order valence-corrected chi connectivity index (χ4v) is 2.65. The number of aliphatic hydroxyl groups is 1. The molecular weight excluding hydrogens is 336 g/mol. The van der Waals surface area contributed by atoms with Crippen LogP contribution in [0.5, 0.6) is 5.75 Å². The van der Waals surface area contributed by atoms with Gasteiger partial charge in [0, 0.05) is 13.0 Å². The summed E-state index contributed by atoms with van der Waals surface area (Å²) < 4.78 is 10.5. The van der Waals surface area contributed by atoms with E-state index < -0.39 is 17.8 Å². The van der Waals surface area contributed by atoms with Crippen LogP contribution in [0.3, 0.4) is 0 Å². The second-order valence-corrected chi connectivity index (χ2v) is 5.62. The SMILES string of the molecule is O=C(O)NCC1(CCO)CN(c2ccc3c(n2)NC(=O)CO3)C(=O)O1. The van der Waals surface area contributed by atoms with E-state index in [0.717, 1.165) is 0 Å². The first-order valence-corrected chi connectivity index (χ1v) is 7.44. The average Bonchev–Trinajstić information content (AvgIpc) is 2.89. The summed E-state index contributed by atoms with van der Waals surface area (Å²) in [5.41, 5.74) is -1.21. The van der Waals surface area contributed by atoms with Crippen molar-refractivity contribution in [3.63, 3.8) is 0 Å². The molecule has 0 saturated carbocycles. The smallest absolute Gasteiger partial charge is 0.416 e. The third kappa shape index (κ3) is 3.40. The van der Waals surface area contributed by atoms with Crippen molar-refractivity contribution < 1.29 is 34.1 Å². The van der Waals surface area contributed by atoms with Crippen LogP contribution in [0.2, 0.25) is 0 Å². The molecule has 2 aliphatic heterocycles. The number of nitrogens with one attached hydrogen (secondary N) is 2. The number of carbonyl (C=O) groups is 3. The molecule has 1 unspecified atom stereocenters. The molecule has 1 saturated heterocycles. The van der Waals surface area contributed by atoms with E-state index in [-0.39, 0.29) is 50.3 Å². The van der Waals surface area contributed by atoms with Crippen LogP contribution >= 0.6 is 0 Å². The minimum Gasteiger partial charge on any atom is -0.480 e. The largest absolute Gasteiger partial charge is 0.480 e. The number of ether oxygens (including phenoxy) is 2. The van der Waals surface area contributed by atoms with Crippen molar-refractivity contribution in [1.82, 2.24) is 10.3 Å². The van der Waals surface area contributed by atoms with Gasteiger partial charge in [-0.25, -0.2) is 14.6 Å². The van der Waals surface area contributed by atoms with Crippen LogP contribution < -0.4 is 20.3 Å². The molecule has 3 heterocycles. The van der Waals surface area contributed by atoms with Gasteiger partial charge in [-0.15, -0.1) is 0 Å². The number of pyridine rings is 1. The zero-order valence-corrected chi connectivity index (χ0v) is 13.0. The number of rotatable bonds is 5. The Hall–Kier alpha value is -3.08. The number of nitrogens with zero attached hydrogens (tertiary/aromatic N) is 2. The van der Waals surface area contributed by atoms with Gasteiger partial charge in [-0.05, 0) is 12.1 Å². The number of cyclic esters (lactones) is 1. The van der Waals surface area contributed by atoms with Gasteiger partial charge in [0.25, 0.3) is 5.91 Å². The number of hydrogen-bond donors (Lipinski definition) is 4. The highest BCUT2D eigenvalue weighted by Crippen LogP contribution is 2.33. The maximum absolute atomic E-state index is 12.2. The molecule has 2 aliphatic rings. The fraction of sp³-hybridized carbons (Fsp3) is 0.429. The van der Waals surface area contributed by atoms with Crippen molar-refractivity contribution in [3.05, 3.63) is 12.1 Å². The summed E-state index contributed by atoms with van der Waals surface area (Å²) in [4.78, 5) is 39.7. The van der Waals surface area contributed by atoms with Crippen molar-refractivity contribution in [3.8, 4) is 5.75 Å². The molecule has 0 aromatic carbocycles. The minimum absolute atomic E-state index is 0.00668. The molecule has 1 aromatic rings. The lowest BCUT2D eigenvalue weighted by Crippen LogP contribution is -2.46. The van der Waals surface area contributed by atoms with Gasteiger partial charge in [0.1, 0.15) is 5.82 Å². The Bertz CT molecular complexity index is 725. The first-order valence-electron chi connectivity index (χ1n) is 7.44. The summed E-state index contributed by atoms with van der Waals surface area (Å²) in [6.07, 6.45) is -1.94. The number of fused-ring (bicyclic) bond motifs is 1. The van der Waals surface area contributed by atoms with Gasteiger partial charge in [-0.1, -0.05) is 0 Å². The number of carboxylic acid groups (broad SMARTS) is 1. The number of anilines is 2. The summed E-state index contributed by atoms with van der Waals surface area (Å²) in [5, 5.41) is 22.7. The Kier molecular flexibility index (Phi) is 4.31. The Morgan fingerprint density at radius 2 is 2.24 bits per heavy atom. The summed E-state index contributed by atoms with van der Waals surface area (Å²) in [6.45, 7) is -0.576. The van der Waals surface area contributed by atoms with Crippen LogP contribution in [-0.4, -0.2) is 65.2 Å². The van der Waals surface area contributed by atoms with Crippen molar-refractivity contribution >= 4 is 29.7 Å². The van der Waals surface area contributed by atoms with Gasteiger partial charge in [0.05, 0.1) is 13.1 Å². The number of hydrogen-bond acceptors (Lipinski definition) is 7. The zero-order valence-electron chi connectivity index (χ0n) is 13.0. The van der Waals surface area contributed by atoms with Gasteiger partial charge in [0.15, 0.2) is 23.8 Å². The summed E-state index contributed by atoms with van der Waals surface area (Å²) in [7, 11) is 0. The minimum atomic E-state index is -1.27. The van der Waals surface area contributed by atoms with E-state index in [9.17, 15) is 19.5 Å². The Morgan fingerprint density at radius 1 is 1.44 bits per heavy atom. The molecule has 0 aliphatic carbocycles. The van der Waals surface area contributed by atoms with Crippen molar-refractivity contribution in [2.24, 2.45) is 0 Å². The molecule has 0 spiro atoms. The molecule has 1 atom stereocenters. The molecule has 11 nitrogen and oxygen atoms in total. The van der Waals surface area contributed by atoms with E-state index in [1.807, 2.05) is 0 Å². The summed E-state index contributed by atoms with van der Waals surface area (Å²) in [6, 6.07) is 3.09. The van der Waals surface area contributed by atoms with E-state index in [2.05, 4.69) is 15.6 Å². The van der Waals surface area contributed by atoms with Gasteiger partial charge < -0.3 is 30.3 Å². The topological polar surface area (TPSA) is 150 Å². The monoisotopic (exact) mass is 352 g/mol. The Labute approximate surface area is 141 Å². The second kappa shape index (κ2) is 6.43. The van der Waals surface area contributed by atoms with Crippen molar-refractivity contribution in [2.45, 2.75) is 12.0 Å². The Morgan fingerprint density at radius 3 is 2.96 bits per heavy atom. The van der Waals surface area contributed by atoms with Crippen molar-refractivity contribution in [1.29, 1.82) is 0 Å². The predicted molar refractivity (Wildman–Crippen MR) is 82.7 cm³/mol. The molecule has 0 bridgehead atoms. The standard InChI is InChI=1S/C14H16N4O7/c19-4-3-14(6-15-12(21)22)7-18(13(23)25-14)9-2-1-8-11(16-9)17-10(20)5-24-8/h1-2,15,19H,3-7H2,(H,21,22)(H,16,17,20). The van der Waals surface area contributed by atoms with E-state index in [1.54, 1.807) is 6.07 Å². The Balaban J connectivity index is 1.83. The zero-order chi connectivity index (χ0) is 18.0. The molecule has 1 aromatic heterocycles. The lowest BCUT2D eigenvalue weighted by molar-refractivity contribution is -0.118. The highest BCUT2D eigenvalue weighted by molar-refractivity contribution is 5.95. The maximum atomic E-state index is 12.2. The van der Waals surface area contributed by atoms with E-state index in [0.29, 0.717) is 5.75 Å². The van der Waals surface area contributed by atoms with Crippen molar-refractivity contribution in [2.75, 3.05) is 36.5 Å². The average molecular weight is 352 g/mol. The highest BCUT2D eigenvalue weighted by atomic mass is 16.6. The van der Waals surface area contributed by atoms with Gasteiger partial charge in [-0.2, -0.15) is 0 Å². The molecule has 0 radical (unpaired) electrons. The van der Waals surface area contributed by atoms with Crippen LogP contribution in [0.15, 0.2) is 12.1 Å². The van der Waals surface area contributed by atoms with Gasteiger partial charge in [0.2, 0.25) is 0 Å².